The number of aromatic nitrogens is 2. The Hall–Kier alpha value is -1.07. The SMILES string of the molecule is NCCN(c1nc[nH]c(=O)c1Cl)C1CCCC1. The van der Waals surface area contributed by atoms with E-state index >= 15 is 0 Å². The number of H-pyrrole nitrogens is 1. The van der Waals surface area contributed by atoms with Crippen molar-refractivity contribution < 1.29 is 0 Å². The molecule has 6 heteroatoms. The maximum atomic E-state index is 11.5. The summed E-state index contributed by atoms with van der Waals surface area (Å²) in [5.74, 6) is 0.563. The van der Waals surface area contributed by atoms with Gasteiger partial charge in [0.05, 0.1) is 6.33 Å². The van der Waals surface area contributed by atoms with Gasteiger partial charge in [-0.1, -0.05) is 24.4 Å². The number of hydrogen-bond acceptors (Lipinski definition) is 4. The van der Waals surface area contributed by atoms with E-state index in [4.69, 9.17) is 17.3 Å². The Morgan fingerprint density at radius 3 is 2.88 bits per heavy atom. The fraction of sp³-hybridized carbons (Fsp3) is 0.636. The lowest BCUT2D eigenvalue weighted by atomic mass is 10.2. The van der Waals surface area contributed by atoms with E-state index in [-0.39, 0.29) is 10.6 Å². The van der Waals surface area contributed by atoms with Gasteiger partial charge in [0, 0.05) is 19.1 Å². The highest BCUT2D eigenvalue weighted by Crippen LogP contribution is 2.29. The molecule has 1 heterocycles. The van der Waals surface area contributed by atoms with Crippen LogP contribution in [0, 0.1) is 0 Å². The Bertz CT molecular complexity index is 428. The summed E-state index contributed by atoms with van der Waals surface area (Å²) in [6, 6.07) is 0.408. The van der Waals surface area contributed by atoms with Crippen LogP contribution >= 0.6 is 11.6 Å². The second kappa shape index (κ2) is 5.51. The molecule has 1 aromatic heterocycles. The molecular weight excluding hydrogens is 240 g/mol. The van der Waals surface area contributed by atoms with Crippen LogP contribution in [-0.2, 0) is 0 Å². The second-order valence-electron chi connectivity index (χ2n) is 4.29. The first-order valence-electron chi connectivity index (χ1n) is 5.94. The largest absolute Gasteiger partial charge is 0.351 e. The first kappa shape index (κ1) is 12.4. The highest BCUT2D eigenvalue weighted by Gasteiger charge is 2.25. The fourth-order valence-corrected chi connectivity index (χ4v) is 2.60. The van der Waals surface area contributed by atoms with E-state index in [0.717, 1.165) is 12.8 Å². The van der Waals surface area contributed by atoms with Gasteiger partial charge in [-0.3, -0.25) is 4.79 Å². The van der Waals surface area contributed by atoms with Crippen molar-refractivity contribution in [3.63, 3.8) is 0 Å². The minimum Gasteiger partial charge on any atom is -0.351 e. The second-order valence-corrected chi connectivity index (χ2v) is 4.67. The summed E-state index contributed by atoms with van der Waals surface area (Å²) in [5, 5.41) is 0.160. The quantitative estimate of drug-likeness (QED) is 0.847. The number of nitrogens with two attached hydrogens (primary N) is 1. The summed E-state index contributed by atoms with van der Waals surface area (Å²) >= 11 is 6.01. The molecule has 1 saturated carbocycles. The van der Waals surface area contributed by atoms with E-state index < -0.39 is 0 Å². The lowest BCUT2D eigenvalue weighted by Crippen LogP contribution is -2.39. The first-order valence-corrected chi connectivity index (χ1v) is 6.31. The third-order valence-electron chi connectivity index (χ3n) is 3.19. The van der Waals surface area contributed by atoms with Gasteiger partial charge in [0.15, 0.2) is 5.82 Å². The standard InChI is InChI=1S/C11H17ClN4O/c12-9-10(14-7-15-11(9)17)16(6-5-13)8-3-1-2-4-8/h7-8H,1-6,13H2,(H,14,15,17). The number of nitrogens with one attached hydrogen (secondary N) is 1. The number of nitrogens with zero attached hydrogens (tertiary/aromatic N) is 2. The van der Waals surface area contributed by atoms with E-state index in [1.165, 1.54) is 19.2 Å². The van der Waals surface area contributed by atoms with Crippen LogP contribution in [-0.4, -0.2) is 29.1 Å². The normalized spacial score (nSPS) is 16.4. The Balaban J connectivity index is 2.31. The molecule has 1 aliphatic rings. The number of rotatable bonds is 4. The summed E-state index contributed by atoms with van der Waals surface area (Å²) in [7, 11) is 0. The molecule has 1 fully saturated rings. The van der Waals surface area contributed by atoms with Crippen molar-refractivity contribution in [1.29, 1.82) is 0 Å². The molecule has 0 bridgehead atoms. The summed E-state index contributed by atoms with van der Waals surface area (Å²) in [6.07, 6.45) is 6.05. The molecule has 0 spiro atoms. The van der Waals surface area contributed by atoms with Crippen LogP contribution in [0.25, 0.3) is 0 Å². The van der Waals surface area contributed by atoms with Gasteiger partial charge in [-0.25, -0.2) is 4.98 Å². The Morgan fingerprint density at radius 1 is 1.53 bits per heavy atom. The van der Waals surface area contributed by atoms with Crippen LogP contribution < -0.4 is 16.2 Å². The highest BCUT2D eigenvalue weighted by atomic mass is 35.5. The monoisotopic (exact) mass is 256 g/mol. The lowest BCUT2D eigenvalue weighted by molar-refractivity contribution is 0.601. The predicted octanol–water partition coefficient (Wildman–Crippen LogP) is 1.13. The molecule has 0 atom stereocenters. The molecule has 17 heavy (non-hydrogen) atoms. The number of halogens is 1. The fourth-order valence-electron chi connectivity index (χ4n) is 2.39. The van der Waals surface area contributed by atoms with Crippen molar-refractivity contribution in [3.8, 4) is 0 Å². The molecule has 0 saturated heterocycles. The van der Waals surface area contributed by atoms with Gasteiger partial charge in [-0.2, -0.15) is 0 Å². The van der Waals surface area contributed by atoms with Gasteiger partial charge in [0.2, 0.25) is 0 Å². The van der Waals surface area contributed by atoms with Gasteiger partial charge in [-0.15, -0.1) is 0 Å². The number of hydrogen-bond donors (Lipinski definition) is 2. The third kappa shape index (κ3) is 2.61. The Morgan fingerprint density at radius 2 is 2.24 bits per heavy atom. The van der Waals surface area contributed by atoms with E-state index in [9.17, 15) is 4.79 Å². The molecule has 2 rings (SSSR count). The van der Waals surface area contributed by atoms with Crippen LogP contribution in [0.1, 0.15) is 25.7 Å². The molecule has 0 unspecified atom stereocenters. The zero-order valence-corrected chi connectivity index (χ0v) is 10.4. The molecule has 5 nitrogen and oxygen atoms in total. The highest BCUT2D eigenvalue weighted by molar-refractivity contribution is 6.32. The van der Waals surface area contributed by atoms with Crippen molar-refractivity contribution in [3.05, 3.63) is 21.7 Å². The molecule has 1 aliphatic carbocycles. The first-order chi connectivity index (χ1) is 8.24. The summed E-state index contributed by atoms with van der Waals surface area (Å²) in [6.45, 7) is 1.21. The number of aromatic amines is 1. The predicted molar refractivity (Wildman–Crippen MR) is 68.5 cm³/mol. The minimum absolute atomic E-state index is 0.160. The number of anilines is 1. The van der Waals surface area contributed by atoms with Crippen LogP contribution in [0.15, 0.2) is 11.1 Å². The summed E-state index contributed by atoms with van der Waals surface area (Å²) in [5.41, 5.74) is 5.33. The molecule has 94 valence electrons. The van der Waals surface area contributed by atoms with Gasteiger partial charge >= 0.3 is 0 Å². The average molecular weight is 257 g/mol. The minimum atomic E-state index is -0.295. The van der Waals surface area contributed by atoms with Gasteiger partial charge in [0.1, 0.15) is 5.02 Å². The van der Waals surface area contributed by atoms with Crippen molar-refractivity contribution in [2.75, 3.05) is 18.0 Å². The molecule has 3 N–H and O–H groups in total. The van der Waals surface area contributed by atoms with E-state index in [1.54, 1.807) is 0 Å². The third-order valence-corrected chi connectivity index (χ3v) is 3.53. The smallest absolute Gasteiger partial charge is 0.271 e. The summed E-state index contributed by atoms with van der Waals surface area (Å²) in [4.78, 5) is 20.2. The molecule has 0 aliphatic heterocycles. The van der Waals surface area contributed by atoms with Crippen LogP contribution in [0.3, 0.4) is 0 Å². The average Bonchev–Trinajstić information content (AvgIpc) is 2.84. The Kier molecular flexibility index (Phi) is 4.02. The summed E-state index contributed by atoms with van der Waals surface area (Å²) < 4.78 is 0. The molecule has 1 aromatic rings. The zero-order chi connectivity index (χ0) is 12.3. The van der Waals surface area contributed by atoms with Gasteiger partial charge in [-0.05, 0) is 12.8 Å². The molecule has 0 radical (unpaired) electrons. The lowest BCUT2D eigenvalue weighted by Gasteiger charge is -2.29. The van der Waals surface area contributed by atoms with Crippen molar-refractivity contribution in [2.45, 2.75) is 31.7 Å². The van der Waals surface area contributed by atoms with Crippen LogP contribution in [0.4, 0.5) is 5.82 Å². The molecular formula is C11H17ClN4O. The molecule has 0 amide bonds. The zero-order valence-electron chi connectivity index (χ0n) is 9.66. The molecule has 0 aromatic carbocycles. The topological polar surface area (TPSA) is 75.0 Å². The van der Waals surface area contributed by atoms with Crippen molar-refractivity contribution in [1.82, 2.24) is 9.97 Å². The maximum Gasteiger partial charge on any atom is 0.271 e. The van der Waals surface area contributed by atoms with E-state index in [1.807, 2.05) is 0 Å². The van der Waals surface area contributed by atoms with Crippen LogP contribution in [0.5, 0.6) is 0 Å². The van der Waals surface area contributed by atoms with E-state index in [2.05, 4.69) is 14.9 Å². The van der Waals surface area contributed by atoms with Crippen LogP contribution in [0.2, 0.25) is 5.02 Å². The van der Waals surface area contributed by atoms with Gasteiger partial charge < -0.3 is 15.6 Å². The van der Waals surface area contributed by atoms with Crippen molar-refractivity contribution in [2.24, 2.45) is 5.73 Å². The van der Waals surface area contributed by atoms with E-state index in [0.29, 0.717) is 24.9 Å². The van der Waals surface area contributed by atoms with Gasteiger partial charge in [0.25, 0.3) is 5.56 Å². The Labute approximate surface area is 105 Å². The maximum absolute atomic E-state index is 11.5. The van der Waals surface area contributed by atoms with Crippen molar-refractivity contribution >= 4 is 17.4 Å².